The molecule has 23 nitrogen and oxygen atoms in total. The van der Waals surface area contributed by atoms with E-state index >= 15 is 0 Å². The average Bonchev–Trinajstić information content (AvgIpc) is 3.50. The molecule has 0 spiro atoms. The van der Waals surface area contributed by atoms with Crippen LogP contribution in [0.1, 0.15) is 194 Å². The highest BCUT2D eigenvalue weighted by atomic mass is 16.7. The van der Waals surface area contributed by atoms with Crippen molar-refractivity contribution in [1.82, 2.24) is 10.6 Å². The maximum Gasteiger partial charge on any atom is 0.338 e. The average molecular weight is 1170 g/mol. The van der Waals surface area contributed by atoms with Gasteiger partial charge in [-0.05, 0) is 19.3 Å². The molecule has 15 N–H and O–H groups in total. The van der Waals surface area contributed by atoms with E-state index in [1.165, 1.54) is 103 Å². The normalized spacial score (nSPS) is 30.9. The van der Waals surface area contributed by atoms with E-state index in [9.17, 15) is 80.8 Å². The van der Waals surface area contributed by atoms with Gasteiger partial charge in [0.2, 0.25) is 11.8 Å². The predicted molar refractivity (Wildman–Crippen MR) is 297 cm³/mol. The first-order valence-electron chi connectivity index (χ1n) is 30.5. The highest BCUT2D eigenvalue weighted by molar-refractivity contribution is 5.79. The van der Waals surface area contributed by atoms with E-state index in [0.717, 1.165) is 51.9 Å². The summed E-state index contributed by atoms with van der Waals surface area (Å²) in [7, 11) is 0. The Morgan fingerprint density at radius 3 is 1.65 bits per heavy atom. The van der Waals surface area contributed by atoms with E-state index < -0.39 is 160 Å². The smallest absolute Gasteiger partial charge is 0.338 e. The summed E-state index contributed by atoms with van der Waals surface area (Å²) in [5.74, 6) is -5.25. The quantitative estimate of drug-likeness (QED) is 0.0307. The van der Waals surface area contributed by atoms with Gasteiger partial charge in [-0.3, -0.25) is 9.59 Å². The Kier molecular flexibility index (Phi) is 35.9. The largest absolute Gasteiger partial charge is 0.479 e. The highest BCUT2D eigenvalue weighted by Gasteiger charge is 2.63. The van der Waals surface area contributed by atoms with Gasteiger partial charge >= 0.3 is 5.97 Å². The van der Waals surface area contributed by atoms with Crippen molar-refractivity contribution in [3.05, 3.63) is 12.2 Å². The van der Waals surface area contributed by atoms with E-state index in [-0.39, 0.29) is 12.3 Å². The van der Waals surface area contributed by atoms with Crippen molar-refractivity contribution in [2.75, 3.05) is 26.4 Å². The molecule has 474 valence electrons. The summed E-state index contributed by atoms with van der Waals surface area (Å²) in [6.07, 6.45) is 1.70. The van der Waals surface area contributed by atoms with E-state index in [2.05, 4.69) is 24.5 Å². The monoisotopic (exact) mass is 1170 g/mol. The Hall–Kier alpha value is -2.53. The van der Waals surface area contributed by atoms with Gasteiger partial charge in [0.1, 0.15) is 61.0 Å². The van der Waals surface area contributed by atoms with Crippen LogP contribution < -0.4 is 10.6 Å². The number of aliphatic carboxylic acids is 1. The van der Waals surface area contributed by atoms with E-state index in [4.69, 9.17) is 23.7 Å². The number of unbranched alkanes of at least 4 members (excludes halogenated alkanes) is 23. The predicted octanol–water partition coefficient (Wildman–Crippen LogP) is 2.02. The summed E-state index contributed by atoms with van der Waals surface area (Å²) in [6.45, 7) is 1.97. The van der Waals surface area contributed by atoms with Crippen LogP contribution in [0.2, 0.25) is 0 Å². The van der Waals surface area contributed by atoms with Gasteiger partial charge in [-0.15, -0.1) is 0 Å². The molecule has 0 aromatic carbocycles. The standard InChI is InChI=1S/C58H106N2O21/c1-4-6-8-10-12-14-16-18-20-22-24-26-28-30-39(65)38(60-44(68)31-29-27-25-23-21-19-17-15-13-11-9-7-5-2)36-77-55-51(73)50(72)52(43(35-63)79-55)80-56-49(71)45(48(70)42(34-62)78-56)54(74)58(57(75)76)32-40(66)46(59-37(3)64)53(81-58)47(69)41(67)33-61/h28,30,38-43,45-56,61-63,65-67,69-74H,4-27,29,31-36H2,1-3H3,(H,59,64)(H,60,68)(H,75,76)/b30-28+/t38-,39+,40+,41-,42-,43-,45+,46-,47-,48+,49-,50-,51-,52-,53-,54+,55-,56+,58+/m1/s1. The molecule has 0 bridgehead atoms. The number of carbonyl (C=O) groups is 3. The first kappa shape index (κ1) is 72.7. The lowest BCUT2D eigenvalue weighted by atomic mass is 9.72. The molecule has 0 radical (unpaired) electrons. The van der Waals surface area contributed by atoms with Crippen molar-refractivity contribution in [3.8, 4) is 0 Å². The number of allylic oxidation sites excluding steroid dienone is 1. The van der Waals surface area contributed by atoms with Crippen LogP contribution >= 0.6 is 0 Å². The Bertz CT molecular complexity index is 1740. The molecule has 81 heavy (non-hydrogen) atoms. The molecule has 3 aliphatic rings. The maximum absolute atomic E-state index is 13.3. The van der Waals surface area contributed by atoms with Gasteiger partial charge in [-0.25, -0.2) is 4.79 Å². The Morgan fingerprint density at radius 1 is 0.654 bits per heavy atom. The minimum Gasteiger partial charge on any atom is -0.479 e. The summed E-state index contributed by atoms with van der Waals surface area (Å²) < 4.78 is 29.0. The molecule has 3 saturated heterocycles. The molecule has 0 saturated carbocycles. The Balaban J connectivity index is 1.71. The van der Waals surface area contributed by atoms with Gasteiger partial charge in [0, 0.05) is 25.7 Å². The van der Waals surface area contributed by atoms with Crippen LogP contribution in [-0.4, -0.2) is 220 Å². The van der Waals surface area contributed by atoms with E-state index in [1.54, 1.807) is 6.08 Å². The van der Waals surface area contributed by atoms with Crippen molar-refractivity contribution < 1.29 is 104 Å². The van der Waals surface area contributed by atoms with Crippen LogP contribution in [-0.2, 0) is 38.1 Å². The Morgan fingerprint density at radius 2 is 1.16 bits per heavy atom. The molecule has 2 amide bonds. The molecule has 0 aromatic heterocycles. The molecule has 19 atom stereocenters. The molecule has 3 heterocycles. The van der Waals surface area contributed by atoms with E-state index in [1.807, 2.05) is 6.08 Å². The third kappa shape index (κ3) is 23.7. The maximum atomic E-state index is 13.3. The van der Waals surface area contributed by atoms with E-state index in [0.29, 0.717) is 12.8 Å². The minimum absolute atomic E-state index is 0.196. The van der Waals surface area contributed by atoms with Crippen molar-refractivity contribution in [2.24, 2.45) is 5.92 Å². The number of amides is 2. The third-order valence-electron chi connectivity index (χ3n) is 16.2. The summed E-state index contributed by atoms with van der Waals surface area (Å²) in [5, 5.41) is 148. The van der Waals surface area contributed by atoms with Gasteiger partial charge < -0.3 is 101 Å². The number of rotatable bonds is 43. The molecule has 0 unspecified atom stereocenters. The fourth-order valence-electron chi connectivity index (χ4n) is 11.2. The van der Waals surface area contributed by atoms with Gasteiger partial charge in [0.05, 0.1) is 56.8 Å². The van der Waals surface area contributed by atoms with Crippen molar-refractivity contribution in [2.45, 2.75) is 304 Å². The second-order valence-corrected chi connectivity index (χ2v) is 22.8. The molecule has 3 rings (SSSR count). The number of aliphatic hydroxyl groups is 12. The van der Waals surface area contributed by atoms with Crippen molar-refractivity contribution in [1.29, 1.82) is 0 Å². The second-order valence-electron chi connectivity index (χ2n) is 22.8. The summed E-state index contributed by atoms with van der Waals surface area (Å²) >= 11 is 0. The number of hydrogen-bond acceptors (Lipinski definition) is 20. The number of ether oxygens (including phenoxy) is 5. The zero-order valence-corrected chi connectivity index (χ0v) is 48.5. The Labute approximate surface area is 479 Å². The van der Waals surface area contributed by atoms with Crippen LogP contribution in [0.5, 0.6) is 0 Å². The first-order valence-corrected chi connectivity index (χ1v) is 30.5. The molecular formula is C58H106N2O21. The number of hydrogen-bond donors (Lipinski definition) is 15. The van der Waals surface area contributed by atoms with Crippen LogP contribution in [0.4, 0.5) is 0 Å². The number of nitrogens with one attached hydrogen (secondary N) is 2. The lowest BCUT2D eigenvalue weighted by Gasteiger charge is -2.53. The lowest BCUT2D eigenvalue weighted by molar-refractivity contribution is -0.364. The van der Waals surface area contributed by atoms with Crippen LogP contribution in [0.15, 0.2) is 12.2 Å². The fraction of sp³-hybridized carbons (Fsp3) is 0.914. The second kappa shape index (κ2) is 40.0. The van der Waals surface area contributed by atoms with Crippen LogP contribution in [0.3, 0.4) is 0 Å². The van der Waals surface area contributed by atoms with Gasteiger partial charge in [0.25, 0.3) is 0 Å². The number of carboxylic acid groups (broad SMARTS) is 1. The van der Waals surface area contributed by atoms with Crippen molar-refractivity contribution in [3.63, 3.8) is 0 Å². The molecular weight excluding hydrogens is 1060 g/mol. The zero-order valence-electron chi connectivity index (χ0n) is 48.5. The topological polar surface area (TPSA) is 384 Å². The zero-order chi connectivity index (χ0) is 59.9. The minimum atomic E-state index is -3.06. The molecule has 0 aliphatic carbocycles. The summed E-state index contributed by atoms with van der Waals surface area (Å²) in [6, 6.07) is -2.66. The van der Waals surface area contributed by atoms with Crippen LogP contribution in [0, 0.1) is 5.92 Å². The third-order valence-corrected chi connectivity index (χ3v) is 16.2. The van der Waals surface area contributed by atoms with Crippen LogP contribution in [0.25, 0.3) is 0 Å². The fourth-order valence-corrected chi connectivity index (χ4v) is 11.2. The number of carboxylic acids is 1. The highest BCUT2D eigenvalue weighted by Crippen LogP contribution is 2.42. The van der Waals surface area contributed by atoms with Gasteiger partial charge in [0.15, 0.2) is 18.2 Å². The SMILES string of the molecule is CCCCCCCCCCCCC/C=C/[C@H](O)[C@@H](CO[C@@H]1O[C@H](CO)[C@@H](O[C@@H]2O[C@H](CO)[C@H](O)[C@H]([C@H](O)[C@]3(C(=O)O)C[C@H](O)[C@@H](NC(C)=O)[C@H]([C@H](O)[C@H](O)CO)O3)[C@H]2O)[C@H](O)[C@H]1O)NC(=O)CCCCCCCCCCCCCCC. The van der Waals surface area contributed by atoms with Gasteiger partial charge in [-0.2, -0.15) is 0 Å². The molecule has 3 aliphatic heterocycles. The lowest BCUT2D eigenvalue weighted by Crippen LogP contribution is -2.73. The number of carbonyl (C=O) groups excluding carboxylic acids is 2. The number of aliphatic hydroxyl groups excluding tert-OH is 12. The molecule has 0 aromatic rings. The summed E-state index contributed by atoms with van der Waals surface area (Å²) in [5.41, 5.74) is -3.06. The first-order chi connectivity index (χ1) is 38.8. The van der Waals surface area contributed by atoms with Gasteiger partial charge in [-0.1, -0.05) is 167 Å². The summed E-state index contributed by atoms with van der Waals surface area (Å²) in [4.78, 5) is 38.6. The molecule has 3 fully saturated rings. The van der Waals surface area contributed by atoms with Crippen molar-refractivity contribution >= 4 is 17.8 Å². The molecule has 23 heteroatoms.